The van der Waals surface area contributed by atoms with Crippen LogP contribution >= 0.6 is 0 Å². The zero-order valence-corrected chi connectivity index (χ0v) is 34.8. The van der Waals surface area contributed by atoms with Crippen molar-refractivity contribution in [3.63, 3.8) is 0 Å². The Labute approximate surface area is 323 Å². The minimum Gasteiger partial charge on any atom is -0.466 e. The van der Waals surface area contributed by atoms with Gasteiger partial charge in [0.2, 0.25) is 6.10 Å². The van der Waals surface area contributed by atoms with Crippen LogP contribution in [0.4, 0.5) is 0 Å². The van der Waals surface area contributed by atoms with Crippen molar-refractivity contribution < 1.29 is 47.7 Å². The number of esters is 5. The summed E-state index contributed by atoms with van der Waals surface area (Å²) in [4.78, 5) is 62.8. The summed E-state index contributed by atoms with van der Waals surface area (Å²) in [5.74, 6) is -2.20. The largest absolute Gasteiger partial charge is 0.466 e. The smallest absolute Gasteiger partial charge is 0.348 e. The molecule has 0 N–H and O–H groups in total. The summed E-state index contributed by atoms with van der Waals surface area (Å²) >= 11 is 0. The summed E-state index contributed by atoms with van der Waals surface area (Å²) in [5, 5.41) is 0. The van der Waals surface area contributed by atoms with Crippen molar-refractivity contribution in [1.82, 2.24) is 4.90 Å². The molecule has 0 saturated heterocycles. The van der Waals surface area contributed by atoms with Gasteiger partial charge >= 0.3 is 29.8 Å². The molecule has 0 aliphatic rings. The highest BCUT2D eigenvalue weighted by atomic mass is 16.6. The lowest BCUT2D eigenvalue weighted by Crippen LogP contribution is -2.32. The molecular weight excluding hydrogens is 678 g/mol. The van der Waals surface area contributed by atoms with E-state index in [1.54, 1.807) is 0 Å². The molecule has 53 heavy (non-hydrogen) atoms. The molecule has 0 spiro atoms. The van der Waals surface area contributed by atoms with E-state index in [4.69, 9.17) is 23.7 Å². The molecule has 0 aliphatic carbocycles. The molecule has 0 rings (SSSR count). The normalized spacial score (nSPS) is 11.3. The molecule has 0 amide bonds. The van der Waals surface area contributed by atoms with Crippen LogP contribution in [0, 0.1) is 0 Å². The molecule has 0 fully saturated rings. The average Bonchev–Trinajstić information content (AvgIpc) is 3.11. The maximum atomic E-state index is 12.8. The molecule has 11 nitrogen and oxygen atoms in total. The molecule has 0 heterocycles. The van der Waals surface area contributed by atoms with Crippen LogP contribution in [0.3, 0.4) is 0 Å². The van der Waals surface area contributed by atoms with E-state index in [9.17, 15) is 24.0 Å². The number of unbranched alkanes of at least 4 members (excludes halogenated alkanes) is 15. The first-order chi connectivity index (χ1) is 25.6. The van der Waals surface area contributed by atoms with Crippen molar-refractivity contribution >= 4 is 29.8 Å². The fourth-order valence-corrected chi connectivity index (χ4v) is 5.18. The van der Waals surface area contributed by atoms with Gasteiger partial charge in [-0.15, -0.1) is 0 Å². The van der Waals surface area contributed by atoms with Crippen LogP contribution in [0.25, 0.3) is 0 Å². The van der Waals surface area contributed by atoms with E-state index in [0.29, 0.717) is 51.9 Å². The predicted octanol–water partition coefficient (Wildman–Crippen LogP) is 9.45. The minimum atomic E-state index is -1.34. The van der Waals surface area contributed by atoms with Gasteiger partial charge in [-0.1, -0.05) is 118 Å². The molecule has 1 atom stereocenters. The molecular formula is C42H79NO10. The highest BCUT2D eigenvalue weighted by Gasteiger charge is 2.28. The zero-order chi connectivity index (χ0) is 39.8. The second-order valence-corrected chi connectivity index (χ2v) is 14.1. The Morgan fingerprint density at radius 3 is 1.30 bits per heavy atom. The summed E-state index contributed by atoms with van der Waals surface area (Å²) in [5.41, 5.74) is 0. The third-order valence-electron chi connectivity index (χ3n) is 8.38. The van der Waals surface area contributed by atoms with Crippen molar-refractivity contribution in [3.8, 4) is 0 Å². The van der Waals surface area contributed by atoms with Crippen molar-refractivity contribution in [2.24, 2.45) is 0 Å². The summed E-state index contributed by atoms with van der Waals surface area (Å²) < 4.78 is 26.5. The van der Waals surface area contributed by atoms with E-state index in [-0.39, 0.29) is 38.0 Å². The maximum absolute atomic E-state index is 12.8. The van der Waals surface area contributed by atoms with E-state index in [2.05, 4.69) is 20.8 Å². The molecule has 0 radical (unpaired) electrons. The van der Waals surface area contributed by atoms with Gasteiger partial charge in [-0.25, -0.2) is 4.79 Å². The van der Waals surface area contributed by atoms with Gasteiger partial charge in [-0.3, -0.25) is 19.2 Å². The lowest BCUT2D eigenvalue weighted by molar-refractivity contribution is -0.172. The molecule has 1 unspecified atom stereocenters. The topological polar surface area (TPSA) is 135 Å². The second kappa shape index (κ2) is 40.5. The van der Waals surface area contributed by atoms with Crippen molar-refractivity contribution in [2.45, 2.75) is 194 Å². The molecule has 312 valence electrons. The van der Waals surface area contributed by atoms with Gasteiger partial charge in [0, 0.05) is 19.3 Å². The Balaban J connectivity index is 0. The number of hydrogen-bond acceptors (Lipinski definition) is 11. The predicted molar refractivity (Wildman–Crippen MR) is 210 cm³/mol. The Morgan fingerprint density at radius 1 is 0.415 bits per heavy atom. The van der Waals surface area contributed by atoms with E-state index in [0.717, 1.165) is 70.6 Å². The molecule has 0 bridgehead atoms. The van der Waals surface area contributed by atoms with Gasteiger partial charge in [0.15, 0.2) is 0 Å². The number of carbonyl (C=O) groups is 5. The van der Waals surface area contributed by atoms with Crippen LogP contribution in [0.15, 0.2) is 0 Å². The van der Waals surface area contributed by atoms with E-state index >= 15 is 0 Å². The quantitative estimate of drug-likeness (QED) is 0.0348. The van der Waals surface area contributed by atoms with Gasteiger partial charge in [-0.2, -0.15) is 0 Å². The van der Waals surface area contributed by atoms with Crippen LogP contribution in [-0.2, 0) is 47.7 Å². The van der Waals surface area contributed by atoms with Gasteiger partial charge < -0.3 is 28.6 Å². The van der Waals surface area contributed by atoms with E-state index in [1.165, 1.54) is 44.9 Å². The van der Waals surface area contributed by atoms with Crippen LogP contribution in [0.2, 0.25) is 0 Å². The first-order valence-corrected chi connectivity index (χ1v) is 21.1. The summed E-state index contributed by atoms with van der Waals surface area (Å²) in [6.07, 6.45) is 19.9. The van der Waals surface area contributed by atoms with Crippen LogP contribution in [0.1, 0.15) is 188 Å². The lowest BCUT2D eigenvalue weighted by Gasteiger charge is -2.17. The highest BCUT2D eigenvalue weighted by Crippen LogP contribution is 2.11. The van der Waals surface area contributed by atoms with E-state index in [1.807, 2.05) is 25.9 Å². The first-order valence-electron chi connectivity index (χ1n) is 21.1. The molecule has 0 aromatic carbocycles. The van der Waals surface area contributed by atoms with E-state index < -0.39 is 24.0 Å². The summed E-state index contributed by atoms with van der Waals surface area (Å²) in [7, 11) is 3.80. The third kappa shape index (κ3) is 40.3. The number of ether oxygens (including phenoxy) is 5. The minimum absolute atomic E-state index is 0.121. The Bertz CT molecular complexity index is 893. The lowest BCUT2D eigenvalue weighted by atomic mass is 10.1. The molecule has 0 aromatic heterocycles. The van der Waals surface area contributed by atoms with Gasteiger partial charge in [0.25, 0.3) is 0 Å². The van der Waals surface area contributed by atoms with Crippen molar-refractivity contribution in [2.75, 3.05) is 47.1 Å². The van der Waals surface area contributed by atoms with Gasteiger partial charge in [0.05, 0.1) is 32.8 Å². The Hall–Kier alpha value is -2.69. The second-order valence-electron chi connectivity index (χ2n) is 14.1. The van der Waals surface area contributed by atoms with Crippen molar-refractivity contribution in [1.29, 1.82) is 0 Å². The molecule has 0 aliphatic heterocycles. The summed E-state index contributed by atoms with van der Waals surface area (Å²) in [6, 6.07) is 0. The fraction of sp³-hybridized carbons (Fsp3) is 0.881. The fourth-order valence-electron chi connectivity index (χ4n) is 5.18. The van der Waals surface area contributed by atoms with Gasteiger partial charge in [0.1, 0.15) is 0 Å². The van der Waals surface area contributed by atoms with Crippen molar-refractivity contribution in [3.05, 3.63) is 0 Å². The maximum Gasteiger partial charge on any atom is 0.348 e. The monoisotopic (exact) mass is 758 g/mol. The standard InChI is InChI=1S/C37H67NO10.C5H12/c1-5-7-8-9-12-17-24-34(40)45-28-19-14-11-16-21-30-47-37(43)32(48-35(41)25-22-26-38(3)4)31-36(42)46-29-20-15-10-13-18-27-44-33(39)23-6-2;1-3-5-4-2/h32H,5-31H2,1-4H3;3-5H2,1-2H3. The van der Waals surface area contributed by atoms with Crippen LogP contribution in [0.5, 0.6) is 0 Å². The molecule has 11 heteroatoms. The SMILES string of the molecule is CCCCC.CCCCCCCCC(=O)OCCCCCCCOC(=O)C(CC(=O)OCCCCCCCOC(=O)CCC)OC(=O)CCCN(C)C. The third-order valence-corrected chi connectivity index (χ3v) is 8.38. The summed E-state index contributed by atoms with van der Waals surface area (Å²) in [6.45, 7) is 10.5. The molecule has 0 saturated carbocycles. The number of rotatable bonds is 35. The zero-order valence-electron chi connectivity index (χ0n) is 34.8. The highest BCUT2D eigenvalue weighted by molar-refractivity contribution is 5.84. The number of hydrogen-bond donors (Lipinski definition) is 0. The van der Waals surface area contributed by atoms with Crippen LogP contribution < -0.4 is 0 Å². The van der Waals surface area contributed by atoms with Gasteiger partial charge in [-0.05, 0) is 65.6 Å². The number of nitrogens with zero attached hydrogens (tertiary/aromatic N) is 1. The Kier molecular flexibility index (Phi) is 40.0. The number of carbonyl (C=O) groups excluding carboxylic acids is 5. The molecule has 0 aromatic rings. The Morgan fingerprint density at radius 2 is 0.830 bits per heavy atom. The first kappa shape index (κ1) is 52.4. The average molecular weight is 758 g/mol. The van der Waals surface area contributed by atoms with Crippen LogP contribution in [-0.4, -0.2) is 87.9 Å².